The molecule has 0 aliphatic carbocycles. The fourth-order valence-electron chi connectivity index (χ4n) is 3.67. The molecule has 0 aliphatic rings. The molecule has 1 N–H and O–H groups in total. The van der Waals surface area contributed by atoms with Crippen LogP contribution in [0.15, 0.2) is 99.6 Å². The second-order valence-electron chi connectivity index (χ2n) is 7.85. The van der Waals surface area contributed by atoms with Gasteiger partial charge in [0, 0.05) is 10.6 Å². The van der Waals surface area contributed by atoms with E-state index in [4.69, 9.17) is 20.8 Å². The SMILES string of the molecule is O=C(COc1ccc(F)cc1-c1ccnn1-c1ccccc1)N/N=C/c1coc2ccc(Cl)cc2c1=O. The molecule has 0 atom stereocenters. The Morgan fingerprint density at radius 3 is 2.81 bits per heavy atom. The van der Waals surface area contributed by atoms with Crippen LogP contribution in [-0.2, 0) is 4.79 Å². The zero-order valence-corrected chi connectivity index (χ0v) is 19.9. The Morgan fingerprint density at radius 1 is 1.14 bits per heavy atom. The molecule has 2 aromatic heterocycles. The van der Waals surface area contributed by atoms with E-state index in [0.29, 0.717) is 27.2 Å². The van der Waals surface area contributed by atoms with Crippen molar-refractivity contribution < 1.29 is 18.3 Å². The van der Waals surface area contributed by atoms with Gasteiger partial charge in [-0.05, 0) is 54.6 Å². The lowest BCUT2D eigenvalue weighted by atomic mass is 10.1. The molecule has 0 spiro atoms. The third-order valence-electron chi connectivity index (χ3n) is 5.37. The Morgan fingerprint density at radius 2 is 1.97 bits per heavy atom. The summed E-state index contributed by atoms with van der Waals surface area (Å²) in [5, 5.41) is 8.83. The van der Waals surface area contributed by atoms with Crippen molar-refractivity contribution in [3.8, 4) is 22.7 Å². The molecule has 0 saturated carbocycles. The van der Waals surface area contributed by atoms with Crippen molar-refractivity contribution in [3.63, 3.8) is 0 Å². The van der Waals surface area contributed by atoms with Gasteiger partial charge in [-0.25, -0.2) is 14.5 Å². The minimum absolute atomic E-state index is 0.131. The van der Waals surface area contributed by atoms with E-state index in [0.717, 1.165) is 5.69 Å². The third kappa shape index (κ3) is 5.26. The van der Waals surface area contributed by atoms with E-state index in [1.807, 2.05) is 30.3 Å². The van der Waals surface area contributed by atoms with E-state index >= 15 is 0 Å². The lowest BCUT2D eigenvalue weighted by Crippen LogP contribution is -2.25. The molecule has 0 aliphatic heterocycles. The number of para-hydroxylation sites is 1. The molecule has 0 unspecified atom stereocenters. The van der Waals surface area contributed by atoms with Crippen molar-refractivity contribution in [1.29, 1.82) is 0 Å². The van der Waals surface area contributed by atoms with Gasteiger partial charge < -0.3 is 9.15 Å². The van der Waals surface area contributed by atoms with Crippen LogP contribution in [0.5, 0.6) is 5.75 Å². The summed E-state index contributed by atoms with van der Waals surface area (Å²) in [5.74, 6) is -0.769. The number of fused-ring (bicyclic) bond motifs is 1. The molecule has 184 valence electrons. The second kappa shape index (κ2) is 10.5. The number of carbonyl (C=O) groups is 1. The van der Waals surface area contributed by atoms with E-state index in [2.05, 4.69) is 15.6 Å². The summed E-state index contributed by atoms with van der Waals surface area (Å²) in [6, 6.07) is 19.8. The van der Waals surface area contributed by atoms with Crippen LogP contribution in [0.25, 0.3) is 27.9 Å². The highest BCUT2D eigenvalue weighted by Crippen LogP contribution is 2.32. The number of hydrogen-bond acceptors (Lipinski definition) is 6. The lowest BCUT2D eigenvalue weighted by molar-refractivity contribution is -0.123. The molecular weight excluding hydrogens is 499 g/mol. The van der Waals surface area contributed by atoms with Gasteiger partial charge in [-0.1, -0.05) is 29.8 Å². The number of halogens is 2. The average molecular weight is 517 g/mol. The van der Waals surface area contributed by atoms with E-state index in [-0.39, 0.29) is 16.7 Å². The number of ether oxygens (including phenoxy) is 1. The Balaban J connectivity index is 1.30. The molecular formula is C27H18ClFN4O4. The highest BCUT2D eigenvalue weighted by molar-refractivity contribution is 6.31. The molecule has 0 bridgehead atoms. The maximum atomic E-state index is 14.1. The zero-order chi connectivity index (χ0) is 25.8. The van der Waals surface area contributed by atoms with Crippen LogP contribution in [0.1, 0.15) is 5.56 Å². The summed E-state index contributed by atoms with van der Waals surface area (Å²) in [7, 11) is 0. The fraction of sp³-hybridized carbons (Fsp3) is 0.0370. The first-order valence-corrected chi connectivity index (χ1v) is 11.4. The normalized spacial score (nSPS) is 11.2. The van der Waals surface area contributed by atoms with Gasteiger partial charge in [0.15, 0.2) is 6.61 Å². The van der Waals surface area contributed by atoms with Crippen LogP contribution in [0, 0.1) is 5.82 Å². The molecule has 0 fully saturated rings. The summed E-state index contributed by atoms with van der Waals surface area (Å²) in [5.41, 5.74) is 4.26. The van der Waals surface area contributed by atoms with Crippen molar-refractivity contribution in [2.75, 3.05) is 6.61 Å². The van der Waals surface area contributed by atoms with E-state index < -0.39 is 18.3 Å². The van der Waals surface area contributed by atoms with Gasteiger partial charge in [0.05, 0.1) is 34.7 Å². The largest absolute Gasteiger partial charge is 0.483 e. The fourth-order valence-corrected chi connectivity index (χ4v) is 3.84. The molecule has 5 aromatic rings. The molecule has 3 aromatic carbocycles. The zero-order valence-electron chi connectivity index (χ0n) is 19.1. The maximum Gasteiger partial charge on any atom is 0.277 e. The van der Waals surface area contributed by atoms with Gasteiger partial charge in [0.25, 0.3) is 5.91 Å². The Bertz CT molecular complexity index is 1680. The third-order valence-corrected chi connectivity index (χ3v) is 5.61. The molecule has 8 nitrogen and oxygen atoms in total. The van der Waals surface area contributed by atoms with Gasteiger partial charge in [-0.2, -0.15) is 10.2 Å². The Labute approximate surface area is 214 Å². The molecule has 5 rings (SSSR count). The van der Waals surface area contributed by atoms with Gasteiger partial charge in [0.2, 0.25) is 5.43 Å². The minimum Gasteiger partial charge on any atom is -0.483 e. The summed E-state index contributed by atoms with van der Waals surface area (Å²) < 4.78 is 26.9. The monoisotopic (exact) mass is 516 g/mol. The summed E-state index contributed by atoms with van der Waals surface area (Å²) in [6.07, 6.45) is 4.01. The summed E-state index contributed by atoms with van der Waals surface area (Å²) in [6.45, 7) is -0.405. The van der Waals surface area contributed by atoms with Crippen LogP contribution in [0.3, 0.4) is 0 Å². The first kappa shape index (κ1) is 24.0. The number of nitrogens with one attached hydrogen (secondary N) is 1. The van der Waals surface area contributed by atoms with Crippen LogP contribution in [-0.4, -0.2) is 28.5 Å². The topological polar surface area (TPSA) is 98.7 Å². The number of amides is 1. The van der Waals surface area contributed by atoms with E-state index in [9.17, 15) is 14.0 Å². The predicted molar refractivity (Wildman–Crippen MR) is 138 cm³/mol. The number of benzene rings is 3. The first-order chi connectivity index (χ1) is 18.0. The number of hydrazone groups is 1. The summed E-state index contributed by atoms with van der Waals surface area (Å²) in [4.78, 5) is 24.9. The molecule has 1 amide bonds. The molecule has 37 heavy (non-hydrogen) atoms. The average Bonchev–Trinajstić information content (AvgIpc) is 3.40. The summed E-state index contributed by atoms with van der Waals surface area (Å²) >= 11 is 5.96. The quantitative estimate of drug-likeness (QED) is 0.243. The number of nitrogens with zero attached hydrogens (tertiary/aromatic N) is 3. The van der Waals surface area contributed by atoms with Crippen LogP contribution in [0.4, 0.5) is 4.39 Å². The number of carbonyl (C=O) groups excluding carboxylic acids is 1. The van der Waals surface area contributed by atoms with Crippen LogP contribution < -0.4 is 15.6 Å². The van der Waals surface area contributed by atoms with Gasteiger partial charge >= 0.3 is 0 Å². The number of hydrogen-bond donors (Lipinski definition) is 1. The van der Waals surface area contributed by atoms with Gasteiger partial charge in [0.1, 0.15) is 23.4 Å². The van der Waals surface area contributed by atoms with Crippen molar-refractivity contribution in [2.24, 2.45) is 5.10 Å². The highest BCUT2D eigenvalue weighted by Gasteiger charge is 2.15. The smallest absolute Gasteiger partial charge is 0.277 e. The minimum atomic E-state index is -0.587. The highest BCUT2D eigenvalue weighted by atomic mass is 35.5. The van der Waals surface area contributed by atoms with Crippen molar-refractivity contribution in [2.45, 2.75) is 0 Å². The first-order valence-electron chi connectivity index (χ1n) is 11.0. The second-order valence-corrected chi connectivity index (χ2v) is 8.28. The number of rotatable bonds is 7. The molecule has 2 heterocycles. The van der Waals surface area contributed by atoms with Crippen LogP contribution in [0.2, 0.25) is 5.02 Å². The van der Waals surface area contributed by atoms with Crippen molar-refractivity contribution >= 4 is 34.7 Å². The van der Waals surface area contributed by atoms with Gasteiger partial charge in [-0.3, -0.25) is 9.59 Å². The van der Waals surface area contributed by atoms with E-state index in [1.165, 1.54) is 36.7 Å². The van der Waals surface area contributed by atoms with Crippen molar-refractivity contribution in [3.05, 3.63) is 112 Å². The Kier molecular flexibility index (Phi) is 6.78. The molecule has 10 heteroatoms. The molecule has 0 saturated heterocycles. The maximum absolute atomic E-state index is 14.1. The molecule has 0 radical (unpaired) electrons. The van der Waals surface area contributed by atoms with Gasteiger partial charge in [-0.15, -0.1) is 0 Å². The van der Waals surface area contributed by atoms with Crippen molar-refractivity contribution in [1.82, 2.24) is 15.2 Å². The Hall–Kier alpha value is -4.76. The van der Waals surface area contributed by atoms with Crippen LogP contribution >= 0.6 is 11.6 Å². The van der Waals surface area contributed by atoms with E-state index in [1.54, 1.807) is 29.1 Å². The standard InChI is InChI=1S/C27H18ClFN4O4/c28-18-6-8-25-22(12-18)27(35)17(15-36-25)14-30-32-26(34)16-37-24-9-7-19(29)13-21(24)23-10-11-31-33(23)20-4-2-1-3-5-20/h1-15H,16H2,(H,32,34)/b30-14+. The number of aromatic nitrogens is 2. The predicted octanol–water partition coefficient (Wildman–Crippen LogP) is 4.97. The lowest BCUT2D eigenvalue weighted by Gasteiger charge is -2.13.